The van der Waals surface area contributed by atoms with Gasteiger partial charge in [0.25, 0.3) is 5.91 Å². The SMILES string of the molecule is COc1ccc(C(C#N)N2CCN(C(=O)c3cnn(-c4ccccn4)c3C)CC2)cc1. The van der Waals surface area contributed by atoms with Gasteiger partial charge in [-0.1, -0.05) is 18.2 Å². The van der Waals surface area contributed by atoms with E-state index in [0.29, 0.717) is 37.6 Å². The van der Waals surface area contributed by atoms with E-state index < -0.39 is 0 Å². The molecule has 0 spiro atoms. The van der Waals surface area contributed by atoms with Crippen LogP contribution < -0.4 is 4.74 Å². The van der Waals surface area contributed by atoms with Gasteiger partial charge < -0.3 is 9.64 Å². The van der Waals surface area contributed by atoms with E-state index in [0.717, 1.165) is 17.0 Å². The molecule has 1 atom stereocenters. The molecule has 0 bridgehead atoms. The summed E-state index contributed by atoms with van der Waals surface area (Å²) in [6, 6.07) is 15.2. The van der Waals surface area contributed by atoms with E-state index in [2.05, 4.69) is 21.1 Å². The van der Waals surface area contributed by atoms with Crippen molar-refractivity contribution in [3.63, 3.8) is 0 Å². The quantitative estimate of drug-likeness (QED) is 0.635. The number of benzene rings is 1. The highest BCUT2D eigenvalue weighted by Crippen LogP contribution is 2.24. The molecule has 4 rings (SSSR count). The third-order valence-electron chi connectivity index (χ3n) is 5.63. The number of pyridine rings is 1. The van der Waals surface area contributed by atoms with Crippen LogP contribution in [0.15, 0.2) is 54.9 Å². The minimum absolute atomic E-state index is 0.0442. The molecule has 1 unspecified atom stereocenters. The van der Waals surface area contributed by atoms with Crippen molar-refractivity contribution in [2.75, 3.05) is 33.3 Å². The van der Waals surface area contributed by atoms with Crippen LogP contribution in [0.25, 0.3) is 5.82 Å². The van der Waals surface area contributed by atoms with Gasteiger partial charge in [0.2, 0.25) is 0 Å². The number of piperazine rings is 1. The number of nitrogens with zero attached hydrogens (tertiary/aromatic N) is 6. The molecule has 0 N–H and O–H groups in total. The topological polar surface area (TPSA) is 87.3 Å². The summed E-state index contributed by atoms with van der Waals surface area (Å²) in [5.41, 5.74) is 2.26. The molecule has 1 aliphatic heterocycles. The molecule has 0 aliphatic carbocycles. The molecular weight excluding hydrogens is 392 g/mol. The van der Waals surface area contributed by atoms with Crippen molar-refractivity contribution in [3.05, 3.63) is 71.7 Å². The van der Waals surface area contributed by atoms with Gasteiger partial charge in [0.15, 0.2) is 5.82 Å². The number of methoxy groups -OCH3 is 1. The van der Waals surface area contributed by atoms with Gasteiger partial charge in [0.1, 0.15) is 11.8 Å². The summed E-state index contributed by atoms with van der Waals surface area (Å²) in [5.74, 6) is 1.40. The second kappa shape index (κ2) is 8.98. The van der Waals surface area contributed by atoms with Crippen molar-refractivity contribution in [1.82, 2.24) is 24.6 Å². The number of amides is 1. The van der Waals surface area contributed by atoms with E-state index >= 15 is 0 Å². The summed E-state index contributed by atoms with van der Waals surface area (Å²) in [4.78, 5) is 21.3. The molecule has 158 valence electrons. The molecule has 1 fully saturated rings. The second-order valence-corrected chi connectivity index (χ2v) is 7.38. The lowest BCUT2D eigenvalue weighted by Crippen LogP contribution is -2.49. The van der Waals surface area contributed by atoms with Gasteiger partial charge in [-0.3, -0.25) is 9.69 Å². The van der Waals surface area contributed by atoms with E-state index in [1.165, 1.54) is 0 Å². The van der Waals surface area contributed by atoms with Crippen LogP contribution in [-0.4, -0.2) is 63.8 Å². The van der Waals surface area contributed by atoms with Gasteiger partial charge in [0, 0.05) is 32.4 Å². The molecule has 3 aromatic rings. The van der Waals surface area contributed by atoms with Crippen LogP contribution in [0.4, 0.5) is 0 Å². The number of hydrogen-bond donors (Lipinski definition) is 0. The van der Waals surface area contributed by atoms with Crippen molar-refractivity contribution in [2.24, 2.45) is 0 Å². The summed E-state index contributed by atoms with van der Waals surface area (Å²) in [7, 11) is 1.62. The summed E-state index contributed by atoms with van der Waals surface area (Å²) in [6.45, 7) is 4.25. The highest BCUT2D eigenvalue weighted by Gasteiger charge is 2.29. The highest BCUT2D eigenvalue weighted by atomic mass is 16.5. The van der Waals surface area contributed by atoms with Crippen molar-refractivity contribution in [2.45, 2.75) is 13.0 Å². The fourth-order valence-electron chi connectivity index (χ4n) is 3.84. The number of rotatable bonds is 5. The Kier molecular flexibility index (Phi) is 5.96. The Morgan fingerprint density at radius 3 is 2.48 bits per heavy atom. The van der Waals surface area contributed by atoms with Crippen molar-refractivity contribution < 1.29 is 9.53 Å². The molecule has 0 radical (unpaired) electrons. The zero-order chi connectivity index (χ0) is 21.8. The molecule has 0 saturated carbocycles. The van der Waals surface area contributed by atoms with Gasteiger partial charge in [-0.25, -0.2) is 9.67 Å². The molecule has 3 heterocycles. The monoisotopic (exact) mass is 416 g/mol. The first-order valence-corrected chi connectivity index (χ1v) is 10.2. The third kappa shape index (κ3) is 4.13. The zero-order valence-electron chi connectivity index (χ0n) is 17.6. The summed E-state index contributed by atoms with van der Waals surface area (Å²) < 4.78 is 6.88. The lowest BCUT2D eigenvalue weighted by Gasteiger charge is -2.37. The van der Waals surface area contributed by atoms with Crippen LogP contribution >= 0.6 is 0 Å². The van der Waals surface area contributed by atoms with Crippen molar-refractivity contribution >= 4 is 5.91 Å². The molecule has 1 aliphatic rings. The Morgan fingerprint density at radius 1 is 1.13 bits per heavy atom. The number of hydrogen-bond acceptors (Lipinski definition) is 6. The molecule has 1 saturated heterocycles. The summed E-state index contributed by atoms with van der Waals surface area (Å²) in [6.07, 6.45) is 3.31. The minimum Gasteiger partial charge on any atom is -0.497 e. The number of nitriles is 1. The summed E-state index contributed by atoms with van der Waals surface area (Å²) >= 11 is 0. The van der Waals surface area contributed by atoms with E-state index in [1.807, 2.05) is 54.3 Å². The maximum atomic E-state index is 13.1. The fraction of sp³-hybridized carbons (Fsp3) is 0.304. The smallest absolute Gasteiger partial charge is 0.257 e. The number of carbonyl (C=O) groups is 1. The Balaban J connectivity index is 1.43. The maximum absolute atomic E-state index is 13.1. The Hall–Kier alpha value is -3.70. The molecule has 1 amide bonds. The number of ether oxygens (including phenoxy) is 1. The zero-order valence-corrected chi connectivity index (χ0v) is 17.6. The number of carbonyl (C=O) groups excluding carboxylic acids is 1. The molecule has 1 aromatic carbocycles. The average Bonchev–Trinajstić information content (AvgIpc) is 3.22. The Bertz CT molecular complexity index is 1080. The maximum Gasteiger partial charge on any atom is 0.257 e. The molecule has 2 aromatic heterocycles. The molecule has 8 heteroatoms. The van der Waals surface area contributed by atoms with E-state index in [-0.39, 0.29) is 11.9 Å². The standard InChI is InChI=1S/C23H24N6O2/c1-17-20(16-26-29(17)22-5-3-4-10-25-22)23(30)28-13-11-27(12-14-28)21(15-24)18-6-8-19(31-2)9-7-18/h3-10,16,21H,11-14H2,1-2H3. The third-order valence-corrected chi connectivity index (χ3v) is 5.63. The average molecular weight is 416 g/mol. The van der Waals surface area contributed by atoms with Crippen LogP contribution in [-0.2, 0) is 0 Å². The minimum atomic E-state index is -0.350. The van der Waals surface area contributed by atoms with E-state index in [1.54, 1.807) is 24.2 Å². The van der Waals surface area contributed by atoms with Crippen LogP contribution in [0.2, 0.25) is 0 Å². The summed E-state index contributed by atoms with van der Waals surface area (Å²) in [5, 5.41) is 14.1. The predicted molar refractivity (Wildman–Crippen MR) is 115 cm³/mol. The fourth-order valence-corrected chi connectivity index (χ4v) is 3.84. The van der Waals surface area contributed by atoms with Gasteiger partial charge >= 0.3 is 0 Å². The van der Waals surface area contributed by atoms with Crippen molar-refractivity contribution in [3.8, 4) is 17.6 Å². The highest BCUT2D eigenvalue weighted by molar-refractivity contribution is 5.95. The van der Waals surface area contributed by atoms with Crippen molar-refractivity contribution in [1.29, 1.82) is 5.26 Å². The first-order chi connectivity index (χ1) is 15.1. The normalized spacial score (nSPS) is 15.3. The van der Waals surface area contributed by atoms with Crippen LogP contribution in [0.3, 0.4) is 0 Å². The largest absolute Gasteiger partial charge is 0.497 e. The Morgan fingerprint density at radius 2 is 1.87 bits per heavy atom. The number of aromatic nitrogens is 3. The molecular formula is C23H24N6O2. The van der Waals surface area contributed by atoms with Crippen LogP contribution in [0.5, 0.6) is 5.75 Å². The molecule has 31 heavy (non-hydrogen) atoms. The van der Waals surface area contributed by atoms with Gasteiger partial charge in [-0.2, -0.15) is 10.4 Å². The lowest BCUT2D eigenvalue weighted by molar-refractivity contribution is 0.0605. The van der Waals surface area contributed by atoms with Gasteiger partial charge in [-0.15, -0.1) is 0 Å². The van der Waals surface area contributed by atoms with E-state index in [4.69, 9.17) is 4.74 Å². The first kappa shape index (κ1) is 20.6. The Labute approximate surface area is 181 Å². The predicted octanol–water partition coefficient (Wildman–Crippen LogP) is 2.61. The second-order valence-electron chi connectivity index (χ2n) is 7.38. The van der Waals surface area contributed by atoms with Gasteiger partial charge in [-0.05, 0) is 36.8 Å². The van der Waals surface area contributed by atoms with Gasteiger partial charge in [0.05, 0.1) is 30.6 Å². The van der Waals surface area contributed by atoms with Crippen LogP contribution in [0, 0.1) is 18.3 Å². The first-order valence-electron chi connectivity index (χ1n) is 10.2. The molecule has 8 nitrogen and oxygen atoms in total. The van der Waals surface area contributed by atoms with Crippen LogP contribution in [0.1, 0.15) is 27.7 Å². The lowest BCUT2D eigenvalue weighted by atomic mass is 10.1. The van der Waals surface area contributed by atoms with E-state index in [9.17, 15) is 10.1 Å².